The quantitative estimate of drug-likeness (QED) is 0.548. The monoisotopic (exact) mass is 532 g/mol. The number of phenols is 1. The molecule has 1 saturated heterocycles. The molecular weight excluding hydrogens is 501 g/mol. The number of piperidine rings is 1. The highest BCUT2D eigenvalue weighted by molar-refractivity contribution is 5.99. The molecule has 2 aromatic carbocycles. The van der Waals surface area contributed by atoms with E-state index in [9.17, 15) is 27.9 Å². The number of phenolic OH excluding ortho intramolecular Hbond substituents is 1. The van der Waals surface area contributed by atoms with E-state index in [1.54, 1.807) is 4.90 Å². The Morgan fingerprint density at radius 2 is 1.68 bits per heavy atom. The molecule has 2 aliphatic carbocycles. The zero-order valence-electron chi connectivity index (χ0n) is 21.3. The second kappa shape index (κ2) is 10.0. The number of halogens is 3. The number of nitrogens with zero attached hydrogens (tertiary/aromatic N) is 1. The average Bonchev–Trinajstić information content (AvgIpc) is 3.33. The number of rotatable bonds is 6. The number of fused-ring (bicyclic) bond motifs is 1. The van der Waals surface area contributed by atoms with Gasteiger partial charge in [0.1, 0.15) is 0 Å². The van der Waals surface area contributed by atoms with E-state index in [1.807, 2.05) is 0 Å². The van der Waals surface area contributed by atoms with Gasteiger partial charge in [-0.1, -0.05) is 25.3 Å². The maximum Gasteiger partial charge on any atom is 0.416 e. The van der Waals surface area contributed by atoms with Crippen LogP contribution in [-0.4, -0.2) is 55.2 Å². The Morgan fingerprint density at radius 1 is 1.00 bits per heavy atom. The lowest BCUT2D eigenvalue weighted by Crippen LogP contribution is -2.37. The van der Waals surface area contributed by atoms with Crippen LogP contribution in [0.2, 0.25) is 0 Å². The van der Waals surface area contributed by atoms with E-state index in [1.165, 1.54) is 38.5 Å². The van der Waals surface area contributed by atoms with Crippen LogP contribution in [0.3, 0.4) is 0 Å². The summed E-state index contributed by atoms with van der Waals surface area (Å²) in [6.07, 6.45) is -0.172. The molecule has 7 nitrogen and oxygen atoms in total. The van der Waals surface area contributed by atoms with Crippen molar-refractivity contribution in [2.75, 3.05) is 27.3 Å². The van der Waals surface area contributed by atoms with Crippen LogP contribution in [0, 0.1) is 11.8 Å². The third kappa shape index (κ3) is 4.76. The summed E-state index contributed by atoms with van der Waals surface area (Å²) in [4.78, 5) is 27.5. The molecule has 0 bridgehead atoms. The van der Waals surface area contributed by atoms with Crippen molar-refractivity contribution in [2.24, 2.45) is 11.8 Å². The molecule has 1 heterocycles. The number of carbonyl (C=O) groups excluding carboxylic acids is 2. The van der Waals surface area contributed by atoms with Gasteiger partial charge in [-0.3, -0.25) is 9.59 Å². The largest absolute Gasteiger partial charge is 0.504 e. The molecular formula is C28H31F3N2O5. The molecule has 5 rings (SSSR count). The lowest BCUT2D eigenvalue weighted by molar-refractivity contribution is -0.138. The number of alkyl halides is 3. The molecule has 1 unspecified atom stereocenters. The molecule has 3 fully saturated rings. The first-order chi connectivity index (χ1) is 18.1. The zero-order chi connectivity index (χ0) is 27.2. The summed E-state index contributed by atoms with van der Waals surface area (Å²) in [5, 5.41) is 13.3. The van der Waals surface area contributed by atoms with Crippen molar-refractivity contribution in [3.8, 4) is 17.2 Å². The Morgan fingerprint density at radius 3 is 2.29 bits per heavy atom. The van der Waals surface area contributed by atoms with Crippen molar-refractivity contribution in [1.29, 1.82) is 0 Å². The van der Waals surface area contributed by atoms with Crippen LogP contribution in [0.25, 0.3) is 0 Å². The van der Waals surface area contributed by atoms with Gasteiger partial charge in [-0.05, 0) is 48.6 Å². The van der Waals surface area contributed by atoms with E-state index in [0.717, 1.165) is 38.2 Å². The summed E-state index contributed by atoms with van der Waals surface area (Å²) < 4.78 is 52.0. The van der Waals surface area contributed by atoms with E-state index in [-0.39, 0.29) is 46.4 Å². The van der Waals surface area contributed by atoms with E-state index >= 15 is 0 Å². The minimum Gasteiger partial charge on any atom is -0.504 e. The number of nitrogens with one attached hydrogen (secondary N) is 1. The molecule has 2 amide bonds. The van der Waals surface area contributed by atoms with Crippen LogP contribution in [0.5, 0.6) is 17.2 Å². The van der Waals surface area contributed by atoms with Gasteiger partial charge in [-0.2, -0.15) is 13.2 Å². The topological polar surface area (TPSA) is 88.1 Å². The fraction of sp³-hybridized carbons (Fsp3) is 0.500. The molecule has 10 heteroatoms. The summed E-state index contributed by atoms with van der Waals surface area (Å²) >= 11 is 0. The van der Waals surface area contributed by atoms with E-state index in [4.69, 9.17) is 9.47 Å². The summed E-state index contributed by atoms with van der Waals surface area (Å²) in [6.45, 7) is 0.691. The Hall–Kier alpha value is -3.43. The number of hydrogen-bond donors (Lipinski definition) is 2. The highest BCUT2D eigenvalue weighted by atomic mass is 19.4. The summed E-state index contributed by atoms with van der Waals surface area (Å²) in [5.41, 5.74) is -0.342. The maximum atomic E-state index is 13.9. The zero-order valence-corrected chi connectivity index (χ0v) is 21.3. The molecule has 0 aromatic heterocycles. The van der Waals surface area contributed by atoms with Crippen molar-refractivity contribution in [1.82, 2.24) is 10.2 Å². The van der Waals surface area contributed by atoms with Gasteiger partial charge in [0.15, 0.2) is 11.5 Å². The second-order valence-corrected chi connectivity index (χ2v) is 10.4. The third-order valence-corrected chi connectivity index (χ3v) is 8.19. The molecule has 2 aromatic rings. The first-order valence-electron chi connectivity index (χ1n) is 12.9. The van der Waals surface area contributed by atoms with E-state index < -0.39 is 23.6 Å². The Kier molecular flexibility index (Phi) is 6.92. The highest BCUT2D eigenvalue weighted by Gasteiger charge is 2.57. The van der Waals surface area contributed by atoms with Crippen molar-refractivity contribution >= 4 is 11.8 Å². The van der Waals surface area contributed by atoms with Gasteiger partial charge < -0.3 is 24.8 Å². The van der Waals surface area contributed by atoms with Gasteiger partial charge in [0.25, 0.3) is 11.8 Å². The minimum absolute atomic E-state index is 0.00813. The Balaban J connectivity index is 1.24. The standard InChI is InChI=1S/C28H31F3N2O5/c1-37-22-11-10-18(24(34)25(22)38-2)26(35)32-23-19-13-33(14-20(19)23)27(36)16-8-9-17(15-6-4-3-5-7-15)21(12-16)28(29,30)31/h8-12,15,19-20,23,34H,3-7,13-14H2,1-2H3,(H,32,35)/t19-,20+,23?. The first kappa shape index (κ1) is 26.2. The van der Waals surface area contributed by atoms with Crippen molar-refractivity contribution in [2.45, 2.75) is 50.2 Å². The predicted molar refractivity (Wildman–Crippen MR) is 133 cm³/mol. The predicted octanol–water partition coefficient (Wildman–Crippen LogP) is 4.98. The number of amides is 2. The molecule has 204 valence electrons. The Bertz CT molecular complexity index is 1230. The fourth-order valence-electron chi connectivity index (χ4n) is 6.12. The van der Waals surface area contributed by atoms with Gasteiger partial charge in [0.05, 0.1) is 25.3 Å². The second-order valence-electron chi connectivity index (χ2n) is 10.4. The number of hydrogen-bond acceptors (Lipinski definition) is 5. The molecule has 0 radical (unpaired) electrons. The van der Waals surface area contributed by atoms with Crippen LogP contribution in [0.15, 0.2) is 30.3 Å². The smallest absolute Gasteiger partial charge is 0.416 e. The first-order valence-corrected chi connectivity index (χ1v) is 12.9. The normalized spacial score (nSPS) is 23.1. The van der Waals surface area contributed by atoms with Gasteiger partial charge in [0, 0.05) is 36.5 Å². The SMILES string of the molecule is COc1ccc(C(=O)NC2[C@H]3CN(C(=O)c4ccc(C5CCCCC5)c(C(F)(F)F)c4)C[C@@H]23)c(O)c1OC. The lowest BCUT2D eigenvalue weighted by atomic mass is 9.81. The maximum absolute atomic E-state index is 13.9. The van der Waals surface area contributed by atoms with Crippen molar-refractivity contribution in [3.05, 3.63) is 52.6 Å². The molecule has 3 aliphatic rings. The lowest BCUT2D eigenvalue weighted by Gasteiger charge is -2.26. The Labute approximate surface area is 218 Å². The summed E-state index contributed by atoms with van der Waals surface area (Å²) in [5.74, 6) is -1.00. The van der Waals surface area contributed by atoms with E-state index in [2.05, 4.69) is 5.32 Å². The number of ether oxygens (including phenoxy) is 2. The molecule has 1 aliphatic heterocycles. The average molecular weight is 533 g/mol. The van der Waals surface area contributed by atoms with Gasteiger partial charge >= 0.3 is 6.18 Å². The minimum atomic E-state index is -4.53. The number of aromatic hydroxyl groups is 1. The molecule has 38 heavy (non-hydrogen) atoms. The number of methoxy groups -OCH3 is 2. The van der Waals surface area contributed by atoms with Crippen molar-refractivity contribution in [3.63, 3.8) is 0 Å². The summed E-state index contributed by atoms with van der Waals surface area (Å²) in [6, 6.07) is 6.80. The molecule has 2 N–H and O–H groups in total. The third-order valence-electron chi connectivity index (χ3n) is 8.19. The van der Waals surface area contributed by atoms with Crippen LogP contribution < -0.4 is 14.8 Å². The fourth-order valence-corrected chi connectivity index (χ4v) is 6.12. The van der Waals surface area contributed by atoms with Crippen molar-refractivity contribution < 1.29 is 37.3 Å². The van der Waals surface area contributed by atoms with Gasteiger partial charge in [-0.25, -0.2) is 0 Å². The highest BCUT2D eigenvalue weighted by Crippen LogP contribution is 2.47. The summed E-state index contributed by atoms with van der Waals surface area (Å²) in [7, 11) is 2.78. The number of likely N-dealkylation sites (tertiary alicyclic amines) is 1. The number of benzene rings is 2. The molecule has 0 spiro atoms. The molecule has 2 saturated carbocycles. The van der Waals surface area contributed by atoms with Gasteiger partial charge in [0.2, 0.25) is 5.75 Å². The number of carbonyl (C=O) groups is 2. The van der Waals surface area contributed by atoms with Crippen LogP contribution >= 0.6 is 0 Å². The van der Waals surface area contributed by atoms with Crippen LogP contribution in [0.4, 0.5) is 13.2 Å². The van der Waals surface area contributed by atoms with Gasteiger partial charge in [-0.15, -0.1) is 0 Å². The molecule has 3 atom stereocenters. The van der Waals surface area contributed by atoms with E-state index in [0.29, 0.717) is 24.4 Å². The van der Waals surface area contributed by atoms with Crippen LogP contribution in [-0.2, 0) is 6.18 Å². The van der Waals surface area contributed by atoms with Crippen LogP contribution in [0.1, 0.15) is 69.9 Å².